The lowest BCUT2D eigenvalue weighted by atomic mass is 9.54. The van der Waals surface area contributed by atoms with Crippen molar-refractivity contribution in [1.29, 1.82) is 0 Å². The monoisotopic (exact) mass is 285 g/mol. The summed E-state index contributed by atoms with van der Waals surface area (Å²) in [4.78, 5) is 0. The number of hydrogen-bond acceptors (Lipinski definition) is 0. The second kappa shape index (κ2) is 5.14. The molecular formula is C21H33-. The molecule has 0 aromatic rings. The van der Waals surface area contributed by atoms with Crippen LogP contribution in [0.25, 0.3) is 0 Å². The number of hydrogen-bond donors (Lipinski definition) is 0. The molecule has 0 amide bonds. The fourth-order valence-electron chi connectivity index (χ4n) is 7.33. The van der Waals surface area contributed by atoms with Gasteiger partial charge in [-0.2, -0.15) is 11.8 Å². The van der Waals surface area contributed by atoms with Crippen molar-refractivity contribution in [3.05, 3.63) is 19.1 Å². The molecular weight excluding hydrogens is 252 g/mol. The lowest BCUT2D eigenvalue weighted by Gasteiger charge is -2.55. The third-order valence-corrected chi connectivity index (χ3v) is 7.98. The van der Waals surface area contributed by atoms with Gasteiger partial charge in [0, 0.05) is 0 Å². The first-order valence-electron chi connectivity index (χ1n) is 9.57. The van der Waals surface area contributed by atoms with Crippen molar-refractivity contribution in [3.8, 4) is 0 Å². The predicted octanol–water partition coefficient (Wildman–Crippen LogP) is 5.60. The molecule has 0 N–H and O–H groups in total. The highest BCUT2D eigenvalue weighted by molar-refractivity contribution is 5.12. The van der Waals surface area contributed by atoms with Gasteiger partial charge in [-0.3, -0.25) is 0 Å². The summed E-state index contributed by atoms with van der Waals surface area (Å²) in [6.45, 7) is 11.8. The van der Waals surface area contributed by atoms with Crippen LogP contribution in [-0.4, -0.2) is 0 Å². The van der Waals surface area contributed by atoms with Gasteiger partial charge >= 0.3 is 0 Å². The van der Waals surface area contributed by atoms with Crippen LogP contribution in [0.3, 0.4) is 0 Å². The van der Waals surface area contributed by atoms with E-state index >= 15 is 0 Å². The maximum absolute atomic E-state index is 4.25. The van der Waals surface area contributed by atoms with Gasteiger partial charge in [-0.05, 0) is 61.7 Å². The molecule has 0 saturated heterocycles. The Morgan fingerprint density at radius 1 is 1.00 bits per heavy atom. The van der Waals surface area contributed by atoms with Crippen LogP contribution in [0.15, 0.2) is 12.7 Å². The van der Waals surface area contributed by atoms with Crippen molar-refractivity contribution >= 4 is 0 Å². The molecule has 0 nitrogen and oxygen atoms in total. The molecule has 0 aromatic carbocycles. The first-order chi connectivity index (χ1) is 10.1. The molecule has 0 radical (unpaired) electrons. The van der Waals surface area contributed by atoms with Crippen LogP contribution >= 0.6 is 0 Å². The lowest BCUT2D eigenvalue weighted by Crippen LogP contribution is -2.44. The summed E-state index contributed by atoms with van der Waals surface area (Å²) in [5, 5.41) is 0. The Hall–Kier alpha value is -0.260. The van der Waals surface area contributed by atoms with Gasteiger partial charge in [0.1, 0.15) is 0 Å². The highest BCUT2D eigenvalue weighted by Crippen LogP contribution is 2.62. The second-order valence-electron chi connectivity index (χ2n) is 9.19. The minimum Gasteiger partial charge on any atom is -0.321 e. The van der Waals surface area contributed by atoms with E-state index in [1.165, 1.54) is 25.7 Å². The third kappa shape index (κ3) is 2.07. The van der Waals surface area contributed by atoms with E-state index in [2.05, 4.69) is 39.8 Å². The molecule has 118 valence electrons. The summed E-state index contributed by atoms with van der Waals surface area (Å²) in [7, 11) is 0. The summed E-state index contributed by atoms with van der Waals surface area (Å²) >= 11 is 0. The Balaban J connectivity index is 1.79. The van der Waals surface area contributed by atoms with Crippen molar-refractivity contribution in [2.75, 3.05) is 0 Å². The zero-order chi connectivity index (χ0) is 14.7. The summed E-state index contributed by atoms with van der Waals surface area (Å²) < 4.78 is 0. The van der Waals surface area contributed by atoms with Crippen LogP contribution in [0.2, 0.25) is 0 Å². The maximum atomic E-state index is 4.25. The van der Waals surface area contributed by atoms with Gasteiger partial charge < -0.3 is 6.42 Å². The zero-order valence-corrected chi connectivity index (χ0v) is 14.2. The molecule has 0 spiro atoms. The highest BCUT2D eigenvalue weighted by Gasteiger charge is 2.50. The van der Waals surface area contributed by atoms with Crippen molar-refractivity contribution in [3.63, 3.8) is 0 Å². The number of fused-ring (bicyclic) bond motifs is 3. The van der Waals surface area contributed by atoms with Crippen molar-refractivity contribution in [1.82, 2.24) is 0 Å². The number of rotatable bonds is 2. The fraction of sp³-hybridized carbons (Fsp3) is 0.857. The van der Waals surface area contributed by atoms with E-state index in [9.17, 15) is 0 Å². The van der Waals surface area contributed by atoms with Gasteiger partial charge in [-0.15, -0.1) is 6.58 Å². The SMILES string of the molecule is C=CC1C2CCC3CC4CC(C)C1[CH-]C(C3C2)C4C(C)C. The van der Waals surface area contributed by atoms with E-state index in [4.69, 9.17) is 0 Å². The quantitative estimate of drug-likeness (QED) is 0.457. The molecule has 4 rings (SSSR count). The Morgan fingerprint density at radius 2 is 1.76 bits per heavy atom. The zero-order valence-electron chi connectivity index (χ0n) is 14.2. The number of allylic oxidation sites excluding steroid dienone is 1. The van der Waals surface area contributed by atoms with E-state index < -0.39 is 0 Å². The second-order valence-corrected chi connectivity index (χ2v) is 9.19. The van der Waals surface area contributed by atoms with Gasteiger partial charge in [-0.25, -0.2) is 0 Å². The Labute approximate surface area is 131 Å². The van der Waals surface area contributed by atoms with E-state index in [0.29, 0.717) is 0 Å². The minimum absolute atomic E-state index is 0.776. The largest absolute Gasteiger partial charge is 0.321 e. The molecule has 0 aromatic heterocycles. The van der Waals surface area contributed by atoms with E-state index in [-0.39, 0.29) is 0 Å². The molecule has 21 heavy (non-hydrogen) atoms. The van der Waals surface area contributed by atoms with E-state index in [0.717, 1.165) is 59.2 Å². The summed E-state index contributed by atoms with van der Waals surface area (Å²) in [5.41, 5.74) is 0. The Bertz CT molecular complexity index is 408. The molecule has 4 aliphatic carbocycles. The molecule has 0 aliphatic heterocycles. The molecule has 0 heterocycles. The average Bonchev–Trinajstić information content (AvgIpc) is 2.66. The Kier molecular flexibility index (Phi) is 3.51. The van der Waals surface area contributed by atoms with Crippen molar-refractivity contribution in [2.45, 2.75) is 52.9 Å². The molecule has 9 unspecified atom stereocenters. The summed E-state index contributed by atoms with van der Waals surface area (Å²) in [6.07, 6.45) is 12.8. The van der Waals surface area contributed by atoms with Gasteiger partial charge in [0.25, 0.3) is 0 Å². The van der Waals surface area contributed by atoms with Crippen molar-refractivity contribution in [2.24, 2.45) is 59.2 Å². The highest BCUT2D eigenvalue weighted by atomic mass is 14.6. The maximum Gasteiger partial charge on any atom is -0.0371 e. The Morgan fingerprint density at radius 3 is 2.48 bits per heavy atom. The van der Waals surface area contributed by atoms with Crippen LogP contribution < -0.4 is 0 Å². The normalized spacial score (nSPS) is 55.3. The molecule has 4 fully saturated rings. The van der Waals surface area contributed by atoms with Crippen LogP contribution in [0.4, 0.5) is 0 Å². The van der Waals surface area contributed by atoms with E-state index in [1.54, 1.807) is 6.42 Å². The molecule has 4 saturated carbocycles. The first kappa shape index (κ1) is 14.3. The minimum atomic E-state index is 0.776. The molecule has 0 heteroatoms. The third-order valence-electron chi connectivity index (χ3n) is 7.98. The van der Waals surface area contributed by atoms with Gasteiger partial charge in [-0.1, -0.05) is 44.6 Å². The fourth-order valence-corrected chi connectivity index (χ4v) is 7.33. The standard InChI is InChI=1S/C21H33/c1-5-17-15-7-6-14-9-16-8-13(4)18(17)11-20(19(14)10-15)21(16)12(2)3/h5,11-21H,1,6-10H2,2-4H3/q-1. The average molecular weight is 285 g/mol. The molecule has 9 atom stereocenters. The predicted molar refractivity (Wildman–Crippen MR) is 89.5 cm³/mol. The van der Waals surface area contributed by atoms with Gasteiger partial charge in [0.05, 0.1) is 0 Å². The van der Waals surface area contributed by atoms with E-state index in [1.807, 2.05) is 0 Å². The van der Waals surface area contributed by atoms with Gasteiger partial charge in [0.15, 0.2) is 0 Å². The van der Waals surface area contributed by atoms with Crippen molar-refractivity contribution < 1.29 is 0 Å². The van der Waals surface area contributed by atoms with Crippen LogP contribution in [0.5, 0.6) is 0 Å². The van der Waals surface area contributed by atoms with Crippen LogP contribution in [0.1, 0.15) is 52.9 Å². The summed E-state index contributed by atoms with van der Waals surface area (Å²) in [5.74, 6) is 9.27. The topological polar surface area (TPSA) is 0 Å². The van der Waals surface area contributed by atoms with Crippen LogP contribution in [-0.2, 0) is 0 Å². The first-order valence-corrected chi connectivity index (χ1v) is 9.57. The molecule has 5 bridgehead atoms. The molecule has 4 aliphatic rings. The summed E-state index contributed by atoms with van der Waals surface area (Å²) in [6, 6.07) is 0. The van der Waals surface area contributed by atoms with Gasteiger partial charge in [0.2, 0.25) is 0 Å². The smallest absolute Gasteiger partial charge is 0.0371 e. The van der Waals surface area contributed by atoms with Crippen LogP contribution in [0, 0.1) is 65.6 Å². The lowest BCUT2D eigenvalue weighted by molar-refractivity contribution is -0.0133.